The molecule has 5 heteroatoms. The molecule has 0 spiro atoms. The van der Waals surface area contributed by atoms with E-state index in [1.54, 1.807) is 0 Å². The molecule has 1 fully saturated rings. The van der Waals surface area contributed by atoms with Crippen molar-refractivity contribution in [3.8, 4) is 5.75 Å². The number of carbonyl (C=O) groups is 1. The molecule has 1 heterocycles. The third-order valence-electron chi connectivity index (χ3n) is 6.44. The molecule has 2 aliphatic rings. The fraction of sp³-hybridized carbons (Fsp3) is 0.480. The van der Waals surface area contributed by atoms with E-state index in [1.165, 1.54) is 36.1 Å². The van der Waals surface area contributed by atoms with E-state index < -0.39 is 0 Å². The molecule has 160 valence electrons. The number of aryl methyl sites for hydroxylation is 1. The van der Waals surface area contributed by atoms with Crippen LogP contribution < -0.4 is 4.74 Å². The van der Waals surface area contributed by atoms with Crippen LogP contribution in [0.2, 0.25) is 0 Å². The first kappa shape index (κ1) is 20.9. The summed E-state index contributed by atoms with van der Waals surface area (Å²) in [5.74, 6) is 0.704. The number of rotatable bonds is 5. The van der Waals surface area contributed by atoms with Gasteiger partial charge in [0, 0.05) is 31.7 Å². The van der Waals surface area contributed by atoms with Crippen LogP contribution in [0.15, 0.2) is 42.5 Å². The van der Waals surface area contributed by atoms with Crippen LogP contribution in [-0.4, -0.2) is 47.5 Å². The molecule has 0 radical (unpaired) electrons. The Morgan fingerprint density at radius 2 is 1.80 bits per heavy atom. The maximum absolute atomic E-state index is 13.2. The highest BCUT2D eigenvalue weighted by Gasteiger charge is 2.32. The van der Waals surface area contributed by atoms with Gasteiger partial charge in [0.2, 0.25) is 0 Å². The topological polar surface area (TPSA) is 32.8 Å². The molecule has 1 amide bonds. The van der Waals surface area contributed by atoms with Crippen LogP contribution in [0.1, 0.15) is 43.4 Å². The number of hydrogen-bond donors (Lipinski definition) is 0. The molecule has 2 aromatic carbocycles. The number of amides is 1. The number of piperazine rings is 1. The standard InChI is InChI=1S/C25H31FN2O2/c1-18-15-28(19(2)14-27(18)16-20-10-12-22(26)13-11-20)25(29)17-30-24-9-5-7-21-6-3-4-8-23(21)24/h5,7,9-13,18-19H,3-4,6,8,14-17H2,1-2H3/t18-,19+/m1/s1. The predicted octanol–water partition coefficient (Wildman–Crippen LogP) is 4.20. The molecular weight excluding hydrogens is 379 g/mol. The van der Waals surface area contributed by atoms with Crippen LogP contribution in [0, 0.1) is 5.82 Å². The molecule has 4 nitrogen and oxygen atoms in total. The molecule has 0 saturated carbocycles. The van der Waals surface area contributed by atoms with Gasteiger partial charge in [0.1, 0.15) is 11.6 Å². The second-order valence-electron chi connectivity index (χ2n) is 8.69. The van der Waals surface area contributed by atoms with Crippen LogP contribution in [-0.2, 0) is 24.2 Å². The Morgan fingerprint density at radius 3 is 2.60 bits per heavy atom. The van der Waals surface area contributed by atoms with E-state index in [9.17, 15) is 9.18 Å². The second kappa shape index (κ2) is 9.17. The summed E-state index contributed by atoms with van der Waals surface area (Å²) < 4.78 is 19.2. The van der Waals surface area contributed by atoms with Gasteiger partial charge in [-0.1, -0.05) is 24.3 Å². The number of halogens is 1. The molecule has 0 aromatic heterocycles. The van der Waals surface area contributed by atoms with Crippen molar-refractivity contribution in [1.82, 2.24) is 9.80 Å². The summed E-state index contributed by atoms with van der Waals surface area (Å²) in [4.78, 5) is 17.2. The first-order valence-corrected chi connectivity index (χ1v) is 11.0. The molecule has 2 atom stereocenters. The zero-order valence-electron chi connectivity index (χ0n) is 17.9. The van der Waals surface area contributed by atoms with Gasteiger partial charge in [-0.3, -0.25) is 9.69 Å². The van der Waals surface area contributed by atoms with Crippen LogP contribution in [0.5, 0.6) is 5.75 Å². The number of carbonyl (C=O) groups excluding carboxylic acids is 1. The first-order valence-electron chi connectivity index (χ1n) is 11.0. The van der Waals surface area contributed by atoms with Gasteiger partial charge < -0.3 is 9.64 Å². The van der Waals surface area contributed by atoms with Crippen LogP contribution in [0.25, 0.3) is 0 Å². The fourth-order valence-corrected chi connectivity index (χ4v) is 4.69. The molecule has 30 heavy (non-hydrogen) atoms. The highest BCUT2D eigenvalue weighted by molar-refractivity contribution is 5.78. The Balaban J connectivity index is 1.35. The van der Waals surface area contributed by atoms with E-state index in [1.807, 2.05) is 29.2 Å². The largest absolute Gasteiger partial charge is 0.483 e. The third kappa shape index (κ3) is 4.67. The van der Waals surface area contributed by atoms with Crippen molar-refractivity contribution in [3.63, 3.8) is 0 Å². The maximum Gasteiger partial charge on any atom is 0.260 e. The van der Waals surface area contributed by atoms with Crippen molar-refractivity contribution in [1.29, 1.82) is 0 Å². The number of hydrogen-bond acceptors (Lipinski definition) is 3. The highest BCUT2D eigenvalue weighted by Crippen LogP contribution is 2.29. The number of ether oxygens (including phenoxy) is 1. The summed E-state index contributed by atoms with van der Waals surface area (Å²) in [5, 5.41) is 0. The lowest BCUT2D eigenvalue weighted by Crippen LogP contribution is -2.58. The minimum Gasteiger partial charge on any atom is -0.483 e. The number of benzene rings is 2. The van der Waals surface area contributed by atoms with Gasteiger partial charge in [-0.05, 0) is 74.4 Å². The highest BCUT2D eigenvalue weighted by atomic mass is 19.1. The average Bonchev–Trinajstić information content (AvgIpc) is 2.76. The SMILES string of the molecule is C[C@@H]1CN(C(=O)COc2cccc3c2CCCC3)[C@@H](C)CN1Cc1ccc(F)cc1. The normalized spacial score (nSPS) is 21.9. The van der Waals surface area contributed by atoms with Gasteiger partial charge in [-0.25, -0.2) is 4.39 Å². The van der Waals surface area contributed by atoms with Crippen LogP contribution in [0.4, 0.5) is 4.39 Å². The summed E-state index contributed by atoms with van der Waals surface area (Å²) in [6.45, 7) is 6.56. The minimum atomic E-state index is -0.213. The Kier molecular flexibility index (Phi) is 6.38. The summed E-state index contributed by atoms with van der Waals surface area (Å²) >= 11 is 0. The maximum atomic E-state index is 13.2. The van der Waals surface area contributed by atoms with Crippen LogP contribution >= 0.6 is 0 Å². The monoisotopic (exact) mass is 410 g/mol. The minimum absolute atomic E-state index is 0.0456. The summed E-state index contributed by atoms with van der Waals surface area (Å²) in [5.41, 5.74) is 3.73. The van der Waals surface area contributed by atoms with E-state index in [2.05, 4.69) is 24.8 Å². The Labute approximate surface area is 178 Å². The van der Waals surface area contributed by atoms with Crippen molar-refractivity contribution in [3.05, 3.63) is 65.0 Å². The van der Waals surface area contributed by atoms with E-state index in [0.717, 1.165) is 37.2 Å². The Morgan fingerprint density at radius 1 is 1.03 bits per heavy atom. The van der Waals surface area contributed by atoms with Gasteiger partial charge in [0.15, 0.2) is 6.61 Å². The Hall–Kier alpha value is -2.40. The molecule has 0 bridgehead atoms. The molecule has 2 aromatic rings. The fourth-order valence-electron chi connectivity index (χ4n) is 4.69. The van der Waals surface area contributed by atoms with Gasteiger partial charge in [0.05, 0.1) is 0 Å². The van der Waals surface area contributed by atoms with E-state index in [0.29, 0.717) is 6.54 Å². The van der Waals surface area contributed by atoms with E-state index >= 15 is 0 Å². The number of fused-ring (bicyclic) bond motifs is 1. The molecule has 0 unspecified atom stereocenters. The summed E-state index contributed by atoms with van der Waals surface area (Å²) in [6, 6.07) is 13.2. The van der Waals surface area contributed by atoms with Gasteiger partial charge in [-0.15, -0.1) is 0 Å². The third-order valence-corrected chi connectivity index (χ3v) is 6.44. The van der Waals surface area contributed by atoms with Gasteiger partial charge in [-0.2, -0.15) is 0 Å². The molecular formula is C25H31FN2O2. The summed E-state index contributed by atoms with van der Waals surface area (Å²) in [6.07, 6.45) is 4.55. The lowest BCUT2D eigenvalue weighted by Gasteiger charge is -2.44. The quantitative estimate of drug-likeness (QED) is 0.741. The zero-order valence-corrected chi connectivity index (χ0v) is 17.9. The van der Waals surface area contributed by atoms with Gasteiger partial charge in [0.25, 0.3) is 5.91 Å². The molecule has 1 aliphatic heterocycles. The lowest BCUT2D eigenvalue weighted by atomic mass is 9.91. The molecule has 1 saturated heterocycles. The van der Waals surface area contributed by atoms with Crippen molar-refractivity contribution in [2.24, 2.45) is 0 Å². The van der Waals surface area contributed by atoms with Crippen molar-refractivity contribution in [2.45, 2.75) is 58.2 Å². The lowest BCUT2D eigenvalue weighted by molar-refractivity contribution is -0.139. The van der Waals surface area contributed by atoms with E-state index in [4.69, 9.17) is 4.74 Å². The summed E-state index contributed by atoms with van der Waals surface area (Å²) in [7, 11) is 0. The van der Waals surface area contributed by atoms with Crippen LogP contribution in [0.3, 0.4) is 0 Å². The predicted molar refractivity (Wildman–Crippen MR) is 116 cm³/mol. The average molecular weight is 411 g/mol. The van der Waals surface area contributed by atoms with E-state index in [-0.39, 0.29) is 30.4 Å². The van der Waals surface area contributed by atoms with Gasteiger partial charge >= 0.3 is 0 Å². The smallest absolute Gasteiger partial charge is 0.260 e. The Bertz CT molecular complexity index is 883. The van der Waals surface area contributed by atoms with Crippen molar-refractivity contribution in [2.75, 3.05) is 19.7 Å². The first-order chi connectivity index (χ1) is 14.5. The van der Waals surface area contributed by atoms with Crippen molar-refractivity contribution < 1.29 is 13.9 Å². The zero-order chi connectivity index (χ0) is 21.1. The second-order valence-corrected chi connectivity index (χ2v) is 8.69. The van der Waals surface area contributed by atoms with Crippen molar-refractivity contribution >= 4 is 5.91 Å². The molecule has 1 aliphatic carbocycles. The number of nitrogens with zero attached hydrogens (tertiary/aromatic N) is 2. The molecule has 0 N–H and O–H groups in total. The molecule has 4 rings (SSSR count).